The summed E-state index contributed by atoms with van der Waals surface area (Å²) in [7, 11) is 0. The van der Waals surface area contributed by atoms with Crippen LogP contribution >= 0.6 is 35.0 Å². The fraction of sp³-hybridized carbons (Fsp3) is 0.120. The minimum Gasteiger partial charge on any atom is -0.507 e. The Kier molecular flexibility index (Phi) is 7.07. The van der Waals surface area contributed by atoms with Gasteiger partial charge < -0.3 is 5.11 Å². The molecule has 4 rings (SSSR count). The number of carbonyl (C=O) groups excluding carboxylic acids is 2. The molecule has 3 aromatic rings. The van der Waals surface area contributed by atoms with Crippen LogP contribution in [0.25, 0.3) is 6.08 Å². The Morgan fingerprint density at radius 2 is 1.59 bits per heavy atom. The maximum Gasteiger partial charge on any atom is 0.293 e. The third kappa shape index (κ3) is 5.17. The van der Waals surface area contributed by atoms with Crippen molar-refractivity contribution in [2.75, 3.05) is 0 Å². The molecular formula is C25H19Cl2N3O3S. The van der Waals surface area contributed by atoms with Gasteiger partial charge >= 0.3 is 0 Å². The van der Waals surface area contributed by atoms with Gasteiger partial charge in [-0.15, -0.1) is 0 Å². The molecule has 0 unspecified atom stereocenters. The van der Waals surface area contributed by atoms with Crippen molar-refractivity contribution in [2.24, 2.45) is 10.2 Å². The number of imide groups is 1. The Balaban J connectivity index is 1.57. The van der Waals surface area contributed by atoms with Crippen LogP contribution in [-0.2, 0) is 11.3 Å². The number of azo groups is 1. The van der Waals surface area contributed by atoms with Crippen LogP contribution in [0.15, 0.2) is 69.7 Å². The summed E-state index contributed by atoms with van der Waals surface area (Å²) < 4.78 is 0. The summed E-state index contributed by atoms with van der Waals surface area (Å²) in [5.41, 5.74) is 4.30. The Hall–Kier alpha value is -3.13. The van der Waals surface area contributed by atoms with E-state index in [1.807, 2.05) is 32.0 Å². The lowest BCUT2D eigenvalue weighted by Crippen LogP contribution is -2.27. The van der Waals surface area contributed by atoms with Crippen molar-refractivity contribution < 1.29 is 14.7 Å². The number of amides is 2. The van der Waals surface area contributed by atoms with Crippen molar-refractivity contribution in [1.82, 2.24) is 4.90 Å². The highest BCUT2D eigenvalue weighted by Gasteiger charge is 2.36. The van der Waals surface area contributed by atoms with E-state index in [4.69, 9.17) is 23.2 Å². The smallest absolute Gasteiger partial charge is 0.293 e. The topological polar surface area (TPSA) is 82.3 Å². The first-order valence-corrected chi connectivity index (χ1v) is 11.8. The maximum absolute atomic E-state index is 12.9. The number of aromatic hydroxyl groups is 1. The number of halogens is 2. The second-order valence-electron chi connectivity index (χ2n) is 7.68. The van der Waals surface area contributed by atoms with Gasteiger partial charge in [-0.2, -0.15) is 10.2 Å². The van der Waals surface area contributed by atoms with Gasteiger partial charge in [0.2, 0.25) is 0 Å². The van der Waals surface area contributed by atoms with E-state index in [0.29, 0.717) is 32.5 Å². The summed E-state index contributed by atoms with van der Waals surface area (Å²) in [6.45, 7) is 3.98. The quantitative estimate of drug-likeness (QED) is 0.278. The van der Waals surface area contributed by atoms with E-state index < -0.39 is 11.1 Å². The second-order valence-corrected chi connectivity index (χ2v) is 9.49. The zero-order valence-electron chi connectivity index (χ0n) is 18.3. The molecule has 6 nitrogen and oxygen atoms in total. The molecule has 0 spiro atoms. The Morgan fingerprint density at radius 1 is 0.941 bits per heavy atom. The average Bonchev–Trinajstić information content (AvgIpc) is 3.06. The largest absolute Gasteiger partial charge is 0.507 e. The first-order valence-electron chi connectivity index (χ1n) is 10.2. The highest BCUT2D eigenvalue weighted by Crippen LogP contribution is 2.37. The monoisotopic (exact) mass is 511 g/mol. The van der Waals surface area contributed by atoms with Crippen LogP contribution in [0.5, 0.6) is 5.75 Å². The number of phenols is 1. The summed E-state index contributed by atoms with van der Waals surface area (Å²) >= 11 is 13.2. The molecule has 172 valence electrons. The van der Waals surface area contributed by atoms with E-state index in [9.17, 15) is 14.7 Å². The van der Waals surface area contributed by atoms with Crippen molar-refractivity contribution in [2.45, 2.75) is 20.4 Å². The summed E-state index contributed by atoms with van der Waals surface area (Å²) in [4.78, 5) is 26.7. The summed E-state index contributed by atoms with van der Waals surface area (Å²) in [6.07, 6.45) is 1.46. The number of nitrogens with zero attached hydrogens (tertiary/aromatic N) is 3. The highest BCUT2D eigenvalue weighted by atomic mass is 35.5. The molecule has 0 saturated carbocycles. The molecule has 1 aliphatic rings. The number of carbonyl (C=O) groups is 2. The van der Waals surface area contributed by atoms with Crippen molar-refractivity contribution in [3.63, 3.8) is 0 Å². The van der Waals surface area contributed by atoms with Gasteiger partial charge in [0.1, 0.15) is 5.75 Å². The van der Waals surface area contributed by atoms with E-state index in [1.54, 1.807) is 30.3 Å². The summed E-state index contributed by atoms with van der Waals surface area (Å²) in [6, 6.07) is 15.4. The van der Waals surface area contributed by atoms with Gasteiger partial charge in [-0.25, -0.2) is 0 Å². The Bertz CT molecular complexity index is 1350. The van der Waals surface area contributed by atoms with Crippen LogP contribution < -0.4 is 0 Å². The number of hydrogen-bond donors (Lipinski definition) is 1. The molecule has 0 aromatic heterocycles. The summed E-state index contributed by atoms with van der Waals surface area (Å²) in [5.74, 6) is -0.543. The van der Waals surface area contributed by atoms with Gasteiger partial charge in [0.25, 0.3) is 11.1 Å². The van der Waals surface area contributed by atoms with Crippen LogP contribution in [0.3, 0.4) is 0 Å². The number of aryl methyl sites for hydroxylation is 2. The Labute approximate surface area is 210 Å². The van der Waals surface area contributed by atoms with Gasteiger partial charge in [-0.1, -0.05) is 35.3 Å². The maximum atomic E-state index is 12.9. The molecular weight excluding hydrogens is 493 g/mol. The average molecular weight is 512 g/mol. The SMILES string of the molecule is Cc1ccc(N=Nc2ccc(O)c(/C=C3\SC(=O)N(Cc4c(Cl)cccc4Cl)C3=O)c2)cc1C. The third-order valence-corrected chi connectivity index (χ3v) is 6.94. The second kappa shape index (κ2) is 10.0. The third-order valence-electron chi connectivity index (χ3n) is 5.32. The number of thioether (sulfide) groups is 1. The van der Waals surface area contributed by atoms with Gasteiger partial charge in [0, 0.05) is 21.2 Å². The first-order chi connectivity index (χ1) is 16.2. The molecule has 1 N–H and O–H groups in total. The predicted molar refractivity (Wildman–Crippen MR) is 136 cm³/mol. The van der Waals surface area contributed by atoms with E-state index in [-0.39, 0.29) is 17.2 Å². The summed E-state index contributed by atoms with van der Waals surface area (Å²) in [5, 5.41) is 19.1. The van der Waals surface area contributed by atoms with Crippen LogP contribution in [-0.4, -0.2) is 21.2 Å². The normalized spacial score (nSPS) is 15.2. The van der Waals surface area contributed by atoms with Crippen LogP contribution in [0, 0.1) is 13.8 Å². The van der Waals surface area contributed by atoms with Gasteiger partial charge in [-0.05, 0) is 85.3 Å². The predicted octanol–water partition coefficient (Wildman–Crippen LogP) is 7.97. The van der Waals surface area contributed by atoms with Crippen molar-refractivity contribution in [1.29, 1.82) is 0 Å². The van der Waals surface area contributed by atoms with Gasteiger partial charge in [0.05, 0.1) is 22.8 Å². The zero-order chi connectivity index (χ0) is 24.4. The number of benzene rings is 3. The molecule has 0 bridgehead atoms. The van der Waals surface area contributed by atoms with Gasteiger partial charge in [0.15, 0.2) is 0 Å². The van der Waals surface area contributed by atoms with Crippen LogP contribution in [0.4, 0.5) is 16.2 Å². The lowest BCUT2D eigenvalue weighted by atomic mass is 10.1. The van der Waals surface area contributed by atoms with Crippen molar-refractivity contribution in [3.05, 3.63) is 91.8 Å². The van der Waals surface area contributed by atoms with E-state index in [2.05, 4.69) is 10.2 Å². The lowest BCUT2D eigenvalue weighted by molar-refractivity contribution is -0.123. The molecule has 3 aromatic carbocycles. The van der Waals surface area contributed by atoms with E-state index in [1.165, 1.54) is 12.1 Å². The number of rotatable bonds is 5. The molecule has 34 heavy (non-hydrogen) atoms. The first kappa shape index (κ1) is 24.0. The van der Waals surface area contributed by atoms with Gasteiger partial charge in [-0.3, -0.25) is 14.5 Å². The van der Waals surface area contributed by atoms with E-state index >= 15 is 0 Å². The Morgan fingerprint density at radius 3 is 2.26 bits per heavy atom. The minimum absolute atomic E-state index is 0.0449. The molecule has 1 aliphatic heterocycles. The zero-order valence-corrected chi connectivity index (χ0v) is 20.6. The van der Waals surface area contributed by atoms with Crippen molar-refractivity contribution in [3.8, 4) is 5.75 Å². The van der Waals surface area contributed by atoms with Crippen LogP contribution in [0.2, 0.25) is 10.0 Å². The molecule has 9 heteroatoms. The molecule has 0 aliphatic carbocycles. The fourth-order valence-corrected chi connectivity index (χ4v) is 4.59. The molecule has 0 atom stereocenters. The lowest BCUT2D eigenvalue weighted by Gasteiger charge is -2.14. The minimum atomic E-state index is -0.493. The highest BCUT2D eigenvalue weighted by molar-refractivity contribution is 8.18. The van der Waals surface area contributed by atoms with Crippen LogP contribution in [0.1, 0.15) is 22.3 Å². The number of phenolic OH excluding ortho intramolecular Hbond substituents is 1. The fourth-order valence-electron chi connectivity index (χ4n) is 3.24. The molecule has 1 heterocycles. The molecule has 0 radical (unpaired) electrons. The number of hydrogen-bond acceptors (Lipinski definition) is 6. The molecule has 1 saturated heterocycles. The molecule has 2 amide bonds. The van der Waals surface area contributed by atoms with E-state index in [0.717, 1.165) is 27.8 Å². The molecule has 1 fully saturated rings. The van der Waals surface area contributed by atoms with Crippen molar-refractivity contribution >= 4 is 63.6 Å². The standard InChI is InChI=1S/C25H19Cl2N3O3S/c1-14-6-7-17(10-15(14)2)28-29-18-8-9-22(31)16(11-18)12-23-24(32)30(25(33)34-23)13-19-20(26)4-3-5-21(19)27/h3-12,31H,13H2,1-2H3/b23-12-,29-28?.